The quantitative estimate of drug-likeness (QED) is 0.167. The molecule has 0 atom stereocenters. The van der Waals surface area contributed by atoms with Crippen LogP contribution in [0.3, 0.4) is 0 Å². The first-order valence-electron chi connectivity index (χ1n) is 20.8. The molecule has 0 bridgehead atoms. The second kappa shape index (κ2) is 12.3. The zero-order valence-corrected chi connectivity index (χ0v) is 33.5. The van der Waals surface area contributed by atoms with Crippen molar-refractivity contribution in [3.8, 4) is 22.9 Å². The molecule has 61 heavy (non-hydrogen) atoms. The molecule has 0 aliphatic heterocycles. The van der Waals surface area contributed by atoms with E-state index in [4.69, 9.17) is 9.97 Å². The highest BCUT2D eigenvalue weighted by atomic mass is 32.1. The number of nitrogens with zero attached hydrogens (tertiary/aromatic N) is 4. The van der Waals surface area contributed by atoms with E-state index in [0.717, 1.165) is 43.7 Å². The summed E-state index contributed by atoms with van der Waals surface area (Å²) >= 11 is 1.74. The fourth-order valence-corrected chi connectivity index (χ4v) is 11.4. The van der Waals surface area contributed by atoms with E-state index in [9.17, 15) is 0 Å². The summed E-state index contributed by atoms with van der Waals surface area (Å²) in [5.41, 5.74) is 7.67. The van der Waals surface area contributed by atoms with Crippen molar-refractivity contribution in [2.75, 3.05) is 0 Å². The lowest BCUT2D eigenvalue weighted by Crippen LogP contribution is -2.02. The Morgan fingerprint density at radius 3 is 1.75 bits per heavy atom. The lowest BCUT2D eigenvalue weighted by atomic mass is 9.91. The molecule has 14 rings (SSSR count). The molecule has 0 aliphatic carbocycles. The highest BCUT2D eigenvalue weighted by Crippen LogP contribution is 2.46. The molecule has 14 aromatic rings. The van der Waals surface area contributed by atoms with Crippen LogP contribution in [0.15, 0.2) is 194 Å². The van der Waals surface area contributed by atoms with Gasteiger partial charge in [-0.15, -0.1) is 11.3 Å². The number of para-hydroxylation sites is 2. The normalized spacial score (nSPS) is 12.3. The monoisotopic (exact) mass is 792 g/mol. The second-order valence-electron chi connectivity index (χ2n) is 16.1. The van der Waals surface area contributed by atoms with Crippen LogP contribution < -0.4 is 0 Å². The average Bonchev–Trinajstić information content (AvgIpc) is 3.99. The van der Waals surface area contributed by atoms with Crippen molar-refractivity contribution in [3.05, 3.63) is 194 Å². The van der Waals surface area contributed by atoms with Crippen molar-refractivity contribution in [2.45, 2.75) is 0 Å². The maximum atomic E-state index is 5.71. The van der Waals surface area contributed by atoms with Gasteiger partial charge in [0.25, 0.3) is 0 Å². The first kappa shape index (κ1) is 33.0. The molecule has 4 nitrogen and oxygen atoms in total. The maximum Gasteiger partial charge on any atom is 0.236 e. The Labute approximate surface area is 352 Å². The summed E-state index contributed by atoms with van der Waals surface area (Å²) in [6, 6.07) is 70.6. The number of hydrogen-bond donors (Lipinski definition) is 0. The van der Waals surface area contributed by atoms with Gasteiger partial charge in [0.15, 0.2) is 0 Å². The van der Waals surface area contributed by atoms with E-state index < -0.39 is 0 Å². The van der Waals surface area contributed by atoms with Crippen molar-refractivity contribution in [1.82, 2.24) is 19.1 Å². The van der Waals surface area contributed by atoms with E-state index in [1.807, 2.05) is 0 Å². The van der Waals surface area contributed by atoms with Crippen LogP contribution in [0, 0.1) is 0 Å². The number of aromatic nitrogens is 4. The minimum atomic E-state index is 0.667. The Morgan fingerprint density at radius 2 is 0.934 bits per heavy atom. The van der Waals surface area contributed by atoms with Crippen LogP contribution in [-0.2, 0) is 0 Å². The van der Waals surface area contributed by atoms with Gasteiger partial charge < -0.3 is 4.57 Å². The summed E-state index contributed by atoms with van der Waals surface area (Å²) in [5, 5.41) is 17.1. The Bertz CT molecular complexity index is 4140. The molecule has 0 spiro atoms. The van der Waals surface area contributed by atoms with E-state index in [0.29, 0.717) is 5.95 Å². The third-order valence-electron chi connectivity index (χ3n) is 12.9. The minimum absolute atomic E-state index is 0.667. The van der Waals surface area contributed by atoms with Gasteiger partial charge in [0.05, 0.1) is 27.8 Å². The Balaban J connectivity index is 1.13. The van der Waals surface area contributed by atoms with E-state index in [1.165, 1.54) is 80.2 Å². The van der Waals surface area contributed by atoms with Crippen LogP contribution in [0.1, 0.15) is 0 Å². The van der Waals surface area contributed by atoms with Gasteiger partial charge in [0.2, 0.25) is 5.95 Å². The molecule has 0 aliphatic rings. The van der Waals surface area contributed by atoms with E-state index in [2.05, 4.69) is 203 Å². The van der Waals surface area contributed by atoms with Crippen LogP contribution in [0.2, 0.25) is 0 Å². The summed E-state index contributed by atoms with van der Waals surface area (Å²) in [6.45, 7) is 0. The molecule has 0 N–H and O–H groups in total. The van der Waals surface area contributed by atoms with Crippen molar-refractivity contribution in [3.63, 3.8) is 0 Å². The molecule has 0 unspecified atom stereocenters. The molecule has 5 heteroatoms. The van der Waals surface area contributed by atoms with Crippen LogP contribution in [0.25, 0.3) is 130 Å². The third kappa shape index (κ3) is 4.53. The van der Waals surface area contributed by atoms with Crippen molar-refractivity contribution >= 4 is 118 Å². The van der Waals surface area contributed by atoms with Crippen LogP contribution in [0.5, 0.6) is 0 Å². The highest BCUT2D eigenvalue weighted by molar-refractivity contribution is 7.25. The van der Waals surface area contributed by atoms with Crippen molar-refractivity contribution in [1.29, 1.82) is 0 Å². The first-order chi connectivity index (χ1) is 30.3. The summed E-state index contributed by atoms with van der Waals surface area (Å²) < 4.78 is 5.90. The van der Waals surface area contributed by atoms with Gasteiger partial charge in [-0.1, -0.05) is 146 Å². The smallest absolute Gasteiger partial charge is 0.236 e. The lowest BCUT2D eigenvalue weighted by Gasteiger charge is -2.13. The molecule has 10 aromatic carbocycles. The molecular weight excluding hydrogens is 761 g/mol. The predicted molar refractivity (Wildman–Crippen MR) is 259 cm³/mol. The molecule has 0 amide bonds. The molecule has 0 saturated carbocycles. The fraction of sp³-hybridized carbons (Fsp3) is 0. The topological polar surface area (TPSA) is 35.6 Å². The Kier molecular flexibility index (Phi) is 6.68. The number of fused-ring (bicyclic) bond motifs is 18. The van der Waals surface area contributed by atoms with Crippen LogP contribution >= 0.6 is 11.3 Å². The first-order valence-corrected chi connectivity index (χ1v) is 21.6. The second-order valence-corrected chi connectivity index (χ2v) is 17.1. The largest absolute Gasteiger partial charge is 0.309 e. The fourth-order valence-electron chi connectivity index (χ4n) is 10.4. The molecule has 4 aromatic heterocycles. The van der Waals surface area contributed by atoms with Crippen LogP contribution in [-0.4, -0.2) is 19.1 Å². The average molecular weight is 793 g/mol. The zero-order chi connectivity index (χ0) is 39.8. The lowest BCUT2D eigenvalue weighted by molar-refractivity contribution is 1.02. The standard InChI is InChI=1S/C56H32N4S/c1-2-15-35(16-3-1)59-45-24-12-10-21-40(45)44-32-34(27-29-46(44)59)54-52-43-23-11-13-25-49(43)61-55(52)58-56(57-54)60-47-30-26-33-14-4-5-17-36(33)51(47)53-48(60)31-28-42-39-20-7-6-18-37(39)38-19-8-9-22-41(38)50(42)53/h1-32H. The summed E-state index contributed by atoms with van der Waals surface area (Å²) in [5.74, 6) is 0.667. The molecule has 0 radical (unpaired) electrons. The number of hydrogen-bond acceptors (Lipinski definition) is 3. The van der Waals surface area contributed by atoms with Crippen molar-refractivity contribution < 1.29 is 0 Å². The summed E-state index contributed by atoms with van der Waals surface area (Å²) in [4.78, 5) is 12.2. The Morgan fingerprint density at radius 1 is 0.344 bits per heavy atom. The Hall–Kier alpha value is -7.86. The molecule has 0 fully saturated rings. The zero-order valence-electron chi connectivity index (χ0n) is 32.7. The molecule has 282 valence electrons. The molecular formula is C56H32N4S. The number of rotatable bonds is 3. The summed E-state index contributed by atoms with van der Waals surface area (Å²) in [7, 11) is 0. The van der Waals surface area contributed by atoms with Gasteiger partial charge in [-0.25, -0.2) is 9.97 Å². The highest BCUT2D eigenvalue weighted by Gasteiger charge is 2.24. The summed E-state index contributed by atoms with van der Waals surface area (Å²) in [6.07, 6.45) is 0. The maximum absolute atomic E-state index is 5.71. The van der Waals surface area contributed by atoms with Gasteiger partial charge in [-0.2, -0.15) is 0 Å². The molecule has 4 heterocycles. The van der Waals surface area contributed by atoms with Gasteiger partial charge in [-0.05, 0) is 86.2 Å². The van der Waals surface area contributed by atoms with Gasteiger partial charge in [0.1, 0.15) is 4.83 Å². The number of benzene rings is 10. The minimum Gasteiger partial charge on any atom is -0.309 e. The van der Waals surface area contributed by atoms with E-state index in [-0.39, 0.29) is 0 Å². The van der Waals surface area contributed by atoms with Crippen molar-refractivity contribution in [2.24, 2.45) is 0 Å². The number of thiophene rings is 1. The predicted octanol–water partition coefficient (Wildman–Crippen LogP) is 15.3. The van der Waals surface area contributed by atoms with E-state index in [1.54, 1.807) is 11.3 Å². The molecule has 0 saturated heterocycles. The van der Waals surface area contributed by atoms with E-state index >= 15 is 0 Å². The third-order valence-corrected chi connectivity index (χ3v) is 14.0. The van der Waals surface area contributed by atoms with Gasteiger partial charge >= 0.3 is 0 Å². The van der Waals surface area contributed by atoms with Gasteiger partial charge in [-0.3, -0.25) is 4.57 Å². The van der Waals surface area contributed by atoms with Crippen LogP contribution in [0.4, 0.5) is 0 Å². The van der Waals surface area contributed by atoms with Gasteiger partial charge in [0, 0.05) is 53.7 Å². The SMILES string of the molecule is c1ccc(-n2c3ccccc3c3cc(-c4nc(-n5c6ccc7ccccc7c6c6c7c8ccccc8c8ccccc8c7ccc65)nc5sc6ccccc6c45)ccc32)cc1.